The Morgan fingerprint density at radius 1 is 0.605 bits per heavy atom. The Balaban J connectivity index is 2.77. The molecule has 0 spiro atoms. The smallest absolute Gasteiger partial charge is 0.358 e. The maximum atomic E-state index is 14.5. The molecule has 2 bridgehead atoms. The molecule has 2 nitrogen and oxygen atoms in total. The van der Waals surface area contributed by atoms with Crippen LogP contribution in [0.4, 0.5) is 52.7 Å². The van der Waals surface area contributed by atoms with Crippen LogP contribution in [0.1, 0.15) is 66.2 Å². The number of alkyl halides is 12. The molecule has 0 aromatic heterocycles. The minimum absolute atomic E-state index is 0.00685. The van der Waals surface area contributed by atoms with Gasteiger partial charge in [0.2, 0.25) is 0 Å². The van der Waals surface area contributed by atoms with Crippen molar-refractivity contribution in [3.05, 3.63) is 0 Å². The molecule has 2 rings (SSSR count). The van der Waals surface area contributed by atoms with Crippen LogP contribution in [0.5, 0.6) is 0 Å². The summed E-state index contributed by atoms with van der Waals surface area (Å²) < 4.78 is 180. The first-order valence-electron chi connectivity index (χ1n) is 12.8. The van der Waals surface area contributed by atoms with Crippen LogP contribution in [-0.4, -0.2) is 49.1 Å². The normalized spacial score (nSPS) is 29.4. The first kappa shape index (κ1) is 33.3. The standard InChI is InChI=1S/C24H34F12O2/c1-5-9-37-19(21(25,26)27,22(28,29)30)12-13-11-16-14(7-3)15(8-4)17(13)18(16)20(23(31,32)33,24(34,35)36)38-10-6-2/h13-18H,5-12H2,1-4H3. The average Bonchev–Trinajstić information content (AvgIpc) is 3.25. The molecule has 0 aromatic carbocycles. The second-order valence-corrected chi connectivity index (χ2v) is 10.4. The molecule has 0 N–H and O–H groups in total. The molecule has 6 atom stereocenters. The van der Waals surface area contributed by atoms with E-state index in [1.807, 2.05) is 0 Å². The Kier molecular flexibility index (Phi) is 9.77. The number of halogens is 12. The first-order chi connectivity index (χ1) is 17.2. The van der Waals surface area contributed by atoms with E-state index in [4.69, 9.17) is 0 Å². The number of ether oxygens (including phenoxy) is 2. The number of rotatable bonds is 11. The molecule has 2 fully saturated rings. The van der Waals surface area contributed by atoms with Crippen molar-refractivity contribution < 1.29 is 62.2 Å². The molecule has 0 heterocycles. The summed E-state index contributed by atoms with van der Waals surface area (Å²) in [5.41, 5.74) is -9.44. The molecule has 0 saturated heterocycles. The summed E-state index contributed by atoms with van der Waals surface area (Å²) in [6.07, 6.45) is -26.8. The van der Waals surface area contributed by atoms with Crippen molar-refractivity contribution >= 4 is 0 Å². The predicted octanol–water partition coefficient (Wildman–Crippen LogP) is 8.89. The summed E-state index contributed by atoms with van der Waals surface area (Å²) >= 11 is 0. The highest BCUT2D eigenvalue weighted by atomic mass is 19.4. The second-order valence-electron chi connectivity index (χ2n) is 10.4. The van der Waals surface area contributed by atoms with Gasteiger partial charge in [-0.2, -0.15) is 52.7 Å². The van der Waals surface area contributed by atoms with Crippen LogP contribution in [0.3, 0.4) is 0 Å². The highest BCUT2D eigenvalue weighted by Gasteiger charge is 2.82. The van der Waals surface area contributed by atoms with E-state index < -0.39 is 97.5 Å². The Hall–Kier alpha value is -0.920. The van der Waals surface area contributed by atoms with Gasteiger partial charge in [0.15, 0.2) is 0 Å². The molecule has 6 unspecified atom stereocenters. The lowest BCUT2D eigenvalue weighted by Gasteiger charge is -2.45. The second kappa shape index (κ2) is 11.2. The molecule has 38 heavy (non-hydrogen) atoms. The van der Waals surface area contributed by atoms with Gasteiger partial charge in [-0.25, -0.2) is 0 Å². The van der Waals surface area contributed by atoms with Crippen molar-refractivity contribution in [2.45, 2.75) is 102 Å². The topological polar surface area (TPSA) is 18.5 Å². The molecule has 0 amide bonds. The van der Waals surface area contributed by atoms with Crippen LogP contribution >= 0.6 is 0 Å². The van der Waals surface area contributed by atoms with E-state index in [-0.39, 0.29) is 25.7 Å². The molecular weight excluding hydrogens is 548 g/mol. The lowest BCUT2D eigenvalue weighted by molar-refractivity contribution is -0.404. The van der Waals surface area contributed by atoms with E-state index in [0.717, 1.165) is 0 Å². The fraction of sp³-hybridized carbons (Fsp3) is 1.00. The van der Waals surface area contributed by atoms with Crippen LogP contribution in [0.2, 0.25) is 0 Å². The lowest BCUT2D eigenvalue weighted by Crippen LogP contribution is -2.65. The lowest BCUT2D eigenvalue weighted by atomic mass is 9.68. The Morgan fingerprint density at radius 3 is 1.42 bits per heavy atom. The fourth-order valence-electron chi connectivity index (χ4n) is 7.19. The third kappa shape index (κ3) is 5.25. The summed E-state index contributed by atoms with van der Waals surface area (Å²) in [5, 5.41) is 0. The minimum Gasteiger partial charge on any atom is -0.358 e. The highest BCUT2D eigenvalue weighted by molar-refractivity contribution is 5.17. The van der Waals surface area contributed by atoms with Crippen molar-refractivity contribution in [2.24, 2.45) is 35.5 Å². The van der Waals surface area contributed by atoms with Crippen LogP contribution in [0.25, 0.3) is 0 Å². The van der Waals surface area contributed by atoms with E-state index in [1.165, 1.54) is 27.7 Å². The van der Waals surface area contributed by atoms with Gasteiger partial charge >= 0.3 is 24.7 Å². The first-order valence-corrected chi connectivity index (χ1v) is 12.8. The Labute approximate surface area is 213 Å². The largest absolute Gasteiger partial charge is 0.426 e. The summed E-state index contributed by atoms with van der Waals surface area (Å²) in [4.78, 5) is 0. The third-order valence-corrected chi connectivity index (χ3v) is 8.40. The monoisotopic (exact) mass is 582 g/mol. The van der Waals surface area contributed by atoms with Crippen molar-refractivity contribution in [3.8, 4) is 0 Å². The van der Waals surface area contributed by atoms with Gasteiger partial charge in [-0.15, -0.1) is 0 Å². The summed E-state index contributed by atoms with van der Waals surface area (Å²) in [6.45, 7) is 3.67. The number of hydrogen-bond acceptors (Lipinski definition) is 2. The van der Waals surface area contributed by atoms with Crippen molar-refractivity contribution in [1.29, 1.82) is 0 Å². The molecule has 2 aliphatic carbocycles. The van der Waals surface area contributed by atoms with Gasteiger partial charge in [0.25, 0.3) is 11.2 Å². The Morgan fingerprint density at radius 2 is 1.05 bits per heavy atom. The molecular formula is C24H34F12O2. The summed E-state index contributed by atoms with van der Waals surface area (Å²) in [6, 6.07) is 0. The molecule has 0 aromatic rings. The zero-order valence-corrected chi connectivity index (χ0v) is 21.5. The highest BCUT2D eigenvalue weighted by Crippen LogP contribution is 2.70. The molecule has 14 heteroatoms. The predicted molar refractivity (Wildman–Crippen MR) is 113 cm³/mol. The van der Waals surface area contributed by atoms with Gasteiger partial charge in [0.05, 0.1) is 0 Å². The van der Waals surface area contributed by atoms with Gasteiger partial charge < -0.3 is 9.47 Å². The fourth-order valence-corrected chi connectivity index (χ4v) is 7.19. The SMILES string of the molecule is CCCOC(CC1CC2C(CC)C(CC)C1C2C(OCCC)(C(F)(F)F)C(F)(F)F)(C(F)(F)F)C(F)(F)F. The molecule has 0 aliphatic heterocycles. The number of hydrogen-bond donors (Lipinski definition) is 0. The molecule has 2 aliphatic rings. The maximum absolute atomic E-state index is 14.5. The van der Waals surface area contributed by atoms with Crippen LogP contribution in [0.15, 0.2) is 0 Å². The summed E-state index contributed by atoms with van der Waals surface area (Å²) in [5.74, 6) is -9.03. The van der Waals surface area contributed by atoms with Crippen molar-refractivity contribution in [2.75, 3.05) is 13.2 Å². The van der Waals surface area contributed by atoms with Crippen molar-refractivity contribution in [3.63, 3.8) is 0 Å². The Bertz CT molecular complexity index is 742. The molecule has 226 valence electrons. The summed E-state index contributed by atoms with van der Waals surface area (Å²) in [7, 11) is 0. The third-order valence-electron chi connectivity index (χ3n) is 8.40. The van der Waals surface area contributed by atoms with Gasteiger partial charge in [0, 0.05) is 19.1 Å². The minimum atomic E-state index is -6.01. The number of fused-ring (bicyclic) bond motifs is 2. The molecule has 0 radical (unpaired) electrons. The van der Waals surface area contributed by atoms with E-state index in [9.17, 15) is 52.7 Å². The van der Waals surface area contributed by atoms with Gasteiger partial charge in [0.1, 0.15) is 0 Å². The van der Waals surface area contributed by atoms with Crippen LogP contribution < -0.4 is 0 Å². The zero-order valence-electron chi connectivity index (χ0n) is 21.5. The van der Waals surface area contributed by atoms with Gasteiger partial charge in [-0.1, -0.05) is 40.5 Å². The van der Waals surface area contributed by atoms with Crippen LogP contribution in [-0.2, 0) is 9.47 Å². The average molecular weight is 583 g/mol. The maximum Gasteiger partial charge on any atom is 0.426 e. The van der Waals surface area contributed by atoms with Crippen LogP contribution in [0, 0.1) is 35.5 Å². The van der Waals surface area contributed by atoms with E-state index >= 15 is 0 Å². The quantitative estimate of drug-likeness (QED) is 0.227. The van der Waals surface area contributed by atoms with E-state index in [1.54, 1.807) is 0 Å². The van der Waals surface area contributed by atoms with E-state index in [0.29, 0.717) is 0 Å². The van der Waals surface area contributed by atoms with E-state index in [2.05, 4.69) is 9.47 Å². The van der Waals surface area contributed by atoms with Gasteiger partial charge in [-0.05, 0) is 55.3 Å². The van der Waals surface area contributed by atoms with Crippen molar-refractivity contribution in [1.82, 2.24) is 0 Å². The van der Waals surface area contributed by atoms with Gasteiger partial charge in [-0.3, -0.25) is 0 Å². The zero-order chi connectivity index (χ0) is 29.5. The molecule has 2 saturated carbocycles.